The van der Waals surface area contributed by atoms with Gasteiger partial charge < -0.3 is 5.32 Å². The summed E-state index contributed by atoms with van der Waals surface area (Å²) in [5.41, 5.74) is 5.54. The van der Waals surface area contributed by atoms with Gasteiger partial charge in [-0.05, 0) is 73.0 Å². The van der Waals surface area contributed by atoms with Crippen molar-refractivity contribution in [2.24, 2.45) is 0 Å². The van der Waals surface area contributed by atoms with Crippen molar-refractivity contribution in [3.05, 3.63) is 107 Å². The first-order valence-corrected chi connectivity index (χ1v) is 10.4. The molecule has 28 heavy (non-hydrogen) atoms. The van der Waals surface area contributed by atoms with Crippen LogP contribution >= 0.6 is 0 Å². The van der Waals surface area contributed by atoms with E-state index < -0.39 is 0 Å². The summed E-state index contributed by atoms with van der Waals surface area (Å²) < 4.78 is 13.3. The molecule has 1 N–H and O–H groups in total. The molecule has 3 aromatic carbocycles. The minimum atomic E-state index is -0.164. The second kappa shape index (κ2) is 9.16. The van der Waals surface area contributed by atoms with Gasteiger partial charge in [0.25, 0.3) is 0 Å². The molecule has 0 bridgehead atoms. The second-order valence-electron chi connectivity index (χ2n) is 7.82. The van der Waals surface area contributed by atoms with E-state index in [1.165, 1.54) is 22.3 Å². The molecule has 1 nitrogen and oxygen atoms in total. The number of aryl methyl sites for hydroxylation is 2. The molecule has 0 saturated carbocycles. The van der Waals surface area contributed by atoms with Crippen molar-refractivity contribution in [3.63, 3.8) is 0 Å². The van der Waals surface area contributed by atoms with Gasteiger partial charge in [0.05, 0.1) is 0 Å². The zero-order valence-corrected chi connectivity index (χ0v) is 16.3. The molecule has 0 radical (unpaired) electrons. The molecule has 1 aliphatic carbocycles. The Morgan fingerprint density at radius 2 is 1.57 bits per heavy atom. The number of fused-ring (bicyclic) bond motifs is 1. The van der Waals surface area contributed by atoms with E-state index >= 15 is 0 Å². The van der Waals surface area contributed by atoms with Crippen LogP contribution in [0.25, 0.3) is 0 Å². The van der Waals surface area contributed by atoms with Crippen LogP contribution in [0.4, 0.5) is 4.39 Å². The van der Waals surface area contributed by atoms with E-state index in [1.54, 1.807) is 12.1 Å². The zero-order chi connectivity index (χ0) is 19.2. The number of rotatable bonds is 7. The number of hydrogen-bond acceptors (Lipinski definition) is 1. The summed E-state index contributed by atoms with van der Waals surface area (Å²) in [6.07, 6.45) is 5.50. The minimum Gasteiger partial charge on any atom is -0.313 e. The molecule has 2 unspecified atom stereocenters. The van der Waals surface area contributed by atoms with Crippen molar-refractivity contribution in [3.8, 4) is 0 Å². The predicted octanol–water partition coefficient (Wildman–Crippen LogP) is 5.69. The summed E-state index contributed by atoms with van der Waals surface area (Å²) in [6.45, 7) is 1.03. The Labute approximate surface area is 167 Å². The van der Waals surface area contributed by atoms with E-state index in [2.05, 4.69) is 59.9 Å². The fourth-order valence-electron chi connectivity index (χ4n) is 4.45. The topological polar surface area (TPSA) is 12.0 Å². The van der Waals surface area contributed by atoms with Gasteiger partial charge in [-0.1, -0.05) is 66.7 Å². The summed E-state index contributed by atoms with van der Waals surface area (Å²) in [5, 5.41) is 3.84. The van der Waals surface area contributed by atoms with Crippen LogP contribution in [0.5, 0.6) is 0 Å². The highest BCUT2D eigenvalue weighted by Crippen LogP contribution is 2.34. The SMILES string of the molecule is Fc1ccc(CC2c3ccccc3CCC2NCCCc2ccccc2)cc1. The Morgan fingerprint density at radius 1 is 0.821 bits per heavy atom. The van der Waals surface area contributed by atoms with Crippen LogP contribution in [0.2, 0.25) is 0 Å². The third-order valence-electron chi connectivity index (χ3n) is 5.93. The first-order chi connectivity index (χ1) is 13.8. The molecule has 2 atom stereocenters. The number of nitrogens with one attached hydrogen (secondary N) is 1. The maximum Gasteiger partial charge on any atom is 0.123 e. The first kappa shape index (κ1) is 18.9. The second-order valence-corrected chi connectivity index (χ2v) is 7.82. The van der Waals surface area contributed by atoms with Crippen molar-refractivity contribution in [2.45, 2.75) is 44.1 Å². The number of benzene rings is 3. The number of halogens is 1. The van der Waals surface area contributed by atoms with Gasteiger partial charge in [0, 0.05) is 12.0 Å². The molecule has 0 aliphatic heterocycles. The third kappa shape index (κ3) is 4.69. The fourth-order valence-corrected chi connectivity index (χ4v) is 4.45. The summed E-state index contributed by atoms with van der Waals surface area (Å²) in [6, 6.07) is 27.0. The van der Waals surface area contributed by atoms with Crippen molar-refractivity contribution in [2.75, 3.05) is 6.54 Å². The highest BCUT2D eigenvalue weighted by Gasteiger charge is 2.29. The Morgan fingerprint density at radius 3 is 2.39 bits per heavy atom. The van der Waals surface area contributed by atoms with E-state index in [-0.39, 0.29) is 5.82 Å². The smallest absolute Gasteiger partial charge is 0.123 e. The summed E-state index contributed by atoms with van der Waals surface area (Å²) in [7, 11) is 0. The van der Waals surface area contributed by atoms with Gasteiger partial charge >= 0.3 is 0 Å². The van der Waals surface area contributed by atoms with Crippen LogP contribution in [0.15, 0.2) is 78.9 Å². The van der Waals surface area contributed by atoms with Gasteiger partial charge in [0.2, 0.25) is 0 Å². The van der Waals surface area contributed by atoms with E-state index in [9.17, 15) is 4.39 Å². The molecule has 0 fully saturated rings. The molecule has 0 spiro atoms. The van der Waals surface area contributed by atoms with E-state index in [0.717, 1.165) is 38.6 Å². The highest BCUT2D eigenvalue weighted by atomic mass is 19.1. The molecule has 0 amide bonds. The largest absolute Gasteiger partial charge is 0.313 e. The lowest BCUT2D eigenvalue weighted by molar-refractivity contribution is 0.382. The summed E-state index contributed by atoms with van der Waals surface area (Å²) in [5.74, 6) is 0.274. The molecular formula is C26H28FN. The molecule has 0 heterocycles. The van der Waals surface area contributed by atoms with E-state index in [4.69, 9.17) is 0 Å². The van der Waals surface area contributed by atoms with Crippen molar-refractivity contribution < 1.29 is 4.39 Å². The van der Waals surface area contributed by atoms with E-state index in [1.807, 2.05) is 12.1 Å². The number of hydrogen-bond donors (Lipinski definition) is 1. The van der Waals surface area contributed by atoms with Crippen LogP contribution in [0.3, 0.4) is 0 Å². The normalized spacial score (nSPS) is 18.6. The minimum absolute atomic E-state index is 0.164. The van der Waals surface area contributed by atoms with Crippen LogP contribution < -0.4 is 5.32 Å². The van der Waals surface area contributed by atoms with E-state index in [0.29, 0.717) is 12.0 Å². The van der Waals surface area contributed by atoms with Crippen LogP contribution in [-0.4, -0.2) is 12.6 Å². The van der Waals surface area contributed by atoms with Gasteiger partial charge in [0.1, 0.15) is 5.82 Å². The lowest BCUT2D eigenvalue weighted by Gasteiger charge is -2.35. The standard InChI is InChI=1S/C26H28FN/c27-23-15-12-21(13-16-23)19-25-24-11-5-4-10-22(24)14-17-26(25)28-18-6-9-20-7-2-1-3-8-20/h1-5,7-8,10-13,15-16,25-26,28H,6,9,14,17-19H2. The lowest BCUT2D eigenvalue weighted by atomic mass is 9.76. The maximum absolute atomic E-state index is 13.3. The lowest BCUT2D eigenvalue weighted by Crippen LogP contribution is -2.40. The summed E-state index contributed by atoms with van der Waals surface area (Å²) >= 11 is 0. The summed E-state index contributed by atoms with van der Waals surface area (Å²) in [4.78, 5) is 0. The van der Waals surface area contributed by atoms with Crippen molar-refractivity contribution >= 4 is 0 Å². The van der Waals surface area contributed by atoms with Gasteiger partial charge in [-0.3, -0.25) is 0 Å². The van der Waals surface area contributed by atoms with Crippen LogP contribution in [0.1, 0.15) is 41.0 Å². The Balaban J connectivity index is 1.43. The Bertz CT molecular complexity index is 872. The molecule has 2 heteroatoms. The van der Waals surface area contributed by atoms with Gasteiger partial charge in [-0.2, -0.15) is 0 Å². The fraction of sp³-hybridized carbons (Fsp3) is 0.308. The molecule has 0 aromatic heterocycles. The van der Waals surface area contributed by atoms with Gasteiger partial charge in [0.15, 0.2) is 0 Å². The predicted molar refractivity (Wildman–Crippen MR) is 114 cm³/mol. The molecule has 1 aliphatic rings. The average Bonchev–Trinajstić information content (AvgIpc) is 2.74. The Kier molecular flexibility index (Phi) is 6.18. The first-order valence-electron chi connectivity index (χ1n) is 10.4. The molecule has 3 aromatic rings. The zero-order valence-electron chi connectivity index (χ0n) is 16.3. The molecule has 0 saturated heterocycles. The Hall–Kier alpha value is -2.45. The highest BCUT2D eigenvalue weighted by molar-refractivity contribution is 5.36. The maximum atomic E-state index is 13.3. The van der Waals surface area contributed by atoms with Crippen LogP contribution in [0, 0.1) is 5.82 Å². The van der Waals surface area contributed by atoms with Crippen molar-refractivity contribution in [1.29, 1.82) is 0 Å². The monoisotopic (exact) mass is 373 g/mol. The van der Waals surface area contributed by atoms with Gasteiger partial charge in [-0.15, -0.1) is 0 Å². The van der Waals surface area contributed by atoms with Crippen molar-refractivity contribution in [1.82, 2.24) is 5.32 Å². The molecule has 4 rings (SSSR count). The van der Waals surface area contributed by atoms with Gasteiger partial charge in [-0.25, -0.2) is 4.39 Å². The quantitative estimate of drug-likeness (QED) is 0.525. The third-order valence-corrected chi connectivity index (χ3v) is 5.93. The molecular weight excluding hydrogens is 345 g/mol. The van der Waals surface area contributed by atoms with Crippen LogP contribution in [-0.2, 0) is 19.3 Å². The molecule has 144 valence electrons. The average molecular weight is 374 g/mol.